The fraction of sp³-hybridized carbons (Fsp3) is 0.400. The van der Waals surface area contributed by atoms with Crippen molar-refractivity contribution in [2.45, 2.75) is 6.42 Å². The number of anilines is 1. The first kappa shape index (κ1) is 13.0. The Morgan fingerprint density at radius 1 is 1.61 bits per heavy atom. The van der Waals surface area contributed by atoms with Crippen LogP contribution in [0.25, 0.3) is 0 Å². The normalized spacial score (nSPS) is 20.1. The van der Waals surface area contributed by atoms with E-state index in [0.29, 0.717) is 10.6 Å². The van der Waals surface area contributed by atoms with Crippen molar-refractivity contribution >= 4 is 32.5 Å². The van der Waals surface area contributed by atoms with Gasteiger partial charge in [0.2, 0.25) is 5.91 Å². The Bertz CT molecular complexity index is 617. The highest BCUT2D eigenvalue weighted by Crippen LogP contribution is 2.32. The molecule has 1 saturated heterocycles. The van der Waals surface area contributed by atoms with E-state index in [0.717, 1.165) is 0 Å². The van der Waals surface area contributed by atoms with Crippen LogP contribution in [-0.4, -0.2) is 26.6 Å². The van der Waals surface area contributed by atoms with Crippen molar-refractivity contribution in [2.75, 3.05) is 17.2 Å². The predicted octanol–water partition coefficient (Wildman–Crippen LogP) is 1.27. The molecule has 0 aliphatic carbocycles. The van der Waals surface area contributed by atoms with Gasteiger partial charge in [0.05, 0.1) is 11.3 Å². The lowest BCUT2D eigenvalue weighted by atomic mass is 10.1. The van der Waals surface area contributed by atoms with Gasteiger partial charge >= 0.3 is 10.2 Å². The quantitative estimate of drug-likeness (QED) is 0.785. The van der Waals surface area contributed by atoms with E-state index in [4.69, 9.17) is 5.26 Å². The second-order valence-corrected chi connectivity index (χ2v) is 6.34. The second-order valence-electron chi connectivity index (χ2n) is 4.03. The summed E-state index contributed by atoms with van der Waals surface area (Å²) in [5.41, 5.74) is 0.372. The molecule has 0 N–H and O–H groups in total. The smallest absolute Gasteiger partial charge is 0.302 e. The number of hydrogen-bond donors (Lipinski definition) is 0. The van der Waals surface area contributed by atoms with Gasteiger partial charge in [0, 0.05) is 18.9 Å². The minimum absolute atomic E-state index is 0.00802. The lowest BCUT2D eigenvalue weighted by Gasteiger charge is -2.14. The van der Waals surface area contributed by atoms with Crippen LogP contribution in [0.1, 0.15) is 12.0 Å². The molecule has 0 bridgehead atoms. The molecule has 1 fully saturated rings. The number of hydrogen-bond acceptors (Lipinski definition) is 5. The minimum Gasteiger partial charge on any atom is -0.302 e. The maximum atomic E-state index is 12.6. The number of amides is 1. The Kier molecular flexibility index (Phi) is 3.36. The highest BCUT2D eigenvalue weighted by Gasteiger charge is 2.35. The van der Waals surface area contributed by atoms with E-state index >= 15 is 0 Å². The zero-order valence-corrected chi connectivity index (χ0v) is 10.8. The summed E-state index contributed by atoms with van der Waals surface area (Å²) in [6.07, 6.45) is -0.00802. The van der Waals surface area contributed by atoms with Crippen molar-refractivity contribution in [3.05, 3.63) is 17.0 Å². The summed E-state index contributed by atoms with van der Waals surface area (Å²) in [4.78, 5) is 13.1. The average Bonchev–Trinajstić information content (AvgIpc) is 2.81. The third kappa shape index (κ3) is 2.68. The molecule has 2 heterocycles. The maximum Gasteiger partial charge on any atom is 0.302 e. The van der Waals surface area contributed by atoms with Gasteiger partial charge in [0.25, 0.3) is 0 Å². The highest BCUT2D eigenvalue weighted by atomic mass is 32.3. The lowest BCUT2D eigenvalue weighted by molar-refractivity contribution is -0.117. The van der Waals surface area contributed by atoms with Crippen LogP contribution in [0.2, 0.25) is 0 Å². The Balaban J connectivity index is 2.18. The zero-order valence-electron chi connectivity index (χ0n) is 9.17. The fourth-order valence-corrected chi connectivity index (χ4v) is 3.63. The summed E-state index contributed by atoms with van der Waals surface area (Å²) in [5, 5.41) is 11.1. The Morgan fingerprint density at radius 2 is 2.33 bits per heavy atom. The molecule has 1 atom stereocenters. The van der Waals surface area contributed by atoms with E-state index in [1.54, 1.807) is 11.4 Å². The van der Waals surface area contributed by atoms with Gasteiger partial charge in [0.15, 0.2) is 0 Å². The summed E-state index contributed by atoms with van der Waals surface area (Å²) < 4.78 is 33.7. The summed E-state index contributed by atoms with van der Waals surface area (Å²) in [6, 6.07) is 3.55. The predicted molar refractivity (Wildman–Crippen MR) is 64.4 cm³/mol. The molecule has 2 rings (SSSR count). The summed E-state index contributed by atoms with van der Waals surface area (Å²) in [5.74, 6) is -1.48. The van der Waals surface area contributed by atoms with Crippen LogP contribution in [0.3, 0.4) is 0 Å². The number of nitrogens with zero attached hydrogens (tertiary/aromatic N) is 2. The molecule has 18 heavy (non-hydrogen) atoms. The molecule has 1 unspecified atom stereocenters. The van der Waals surface area contributed by atoms with Crippen molar-refractivity contribution < 1.29 is 17.1 Å². The number of rotatable bonds is 3. The molecule has 0 radical (unpaired) electrons. The van der Waals surface area contributed by atoms with Gasteiger partial charge in [-0.1, -0.05) is 0 Å². The first-order valence-electron chi connectivity index (χ1n) is 5.11. The van der Waals surface area contributed by atoms with E-state index < -0.39 is 21.9 Å². The first-order chi connectivity index (χ1) is 8.40. The zero-order chi connectivity index (χ0) is 13.3. The Hall–Kier alpha value is -1.46. The standard InChI is InChI=1S/C10H9FN2O3S2/c11-18(15,16)6-7-3-9(14)13(5-7)10-8(4-12)1-2-17-10/h1-2,7H,3,5-6H2. The fourth-order valence-electron chi connectivity index (χ4n) is 1.97. The first-order valence-corrected chi connectivity index (χ1v) is 7.54. The lowest BCUT2D eigenvalue weighted by Crippen LogP contribution is -2.25. The topological polar surface area (TPSA) is 78.2 Å². The molecule has 1 aliphatic heterocycles. The molecule has 5 nitrogen and oxygen atoms in total. The number of carbonyl (C=O) groups excluding carboxylic acids is 1. The number of nitriles is 1. The van der Waals surface area contributed by atoms with Crippen molar-refractivity contribution in [1.29, 1.82) is 5.26 Å². The van der Waals surface area contributed by atoms with E-state index in [1.165, 1.54) is 16.2 Å². The van der Waals surface area contributed by atoms with Gasteiger partial charge in [0.1, 0.15) is 11.1 Å². The van der Waals surface area contributed by atoms with Crippen LogP contribution in [-0.2, 0) is 15.0 Å². The van der Waals surface area contributed by atoms with E-state index in [2.05, 4.69) is 0 Å². The van der Waals surface area contributed by atoms with Crippen LogP contribution in [0.5, 0.6) is 0 Å². The Morgan fingerprint density at radius 3 is 2.94 bits per heavy atom. The Labute approximate surface area is 108 Å². The van der Waals surface area contributed by atoms with Crippen molar-refractivity contribution in [3.63, 3.8) is 0 Å². The number of halogens is 1. The van der Waals surface area contributed by atoms with Gasteiger partial charge in [-0.3, -0.25) is 4.79 Å². The van der Waals surface area contributed by atoms with Crippen molar-refractivity contribution in [3.8, 4) is 6.07 Å². The van der Waals surface area contributed by atoms with Crippen LogP contribution in [0.15, 0.2) is 11.4 Å². The molecular formula is C10H9FN2O3S2. The van der Waals surface area contributed by atoms with E-state index in [1.807, 2.05) is 6.07 Å². The second kappa shape index (κ2) is 4.66. The molecule has 0 spiro atoms. The van der Waals surface area contributed by atoms with Crippen LogP contribution >= 0.6 is 11.3 Å². The summed E-state index contributed by atoms with van der Waals surface area (Å²) >= 11 is 1.23. The molecular weight excluding hydrogens is 279 g/mol. The van der Waals surface area contributed by atoms with E-state index in [-0.39, 0.29) is 18.9 Å². The molecule has 1 aliphatic rings. The molecule has 0 saturated carbocycles. The largest absolute Gasteiger partial charge is 0.302 e. The van der Waals surface area contributed by atoms with Gasteiger partial charge in [-0.25, -0.2) is 0 Å². The van der Waals surface area contributed by atoms with Gasteiger partial charge in [-0.15, -0.1) is 15.2 Å². The van der Waals surface area contributed by atoms with Crippen LogP contribution in [0, 0.1) is 17.2 Å². The van der Waals surface area contributed by atoms with Gasteiger partial charge in [-0.05, 0) is 11.4 Å². The van der Waals surface area contributed by atoms with Crippen LogP contribution < -0.4 is 4.90 Å². The molecule has 8 heteroatoms. The SMILES string of the molecule is N#Cc1ccsc1N1CC(CS(=O)(=O)F)CC1=O. The van der Waals surface area contributed by atoms with Crippen molar-refractivity contribution in [2.24, 2.45) is 5.92 Å². The van der Waals surface area contributed by atoms with E-state index in [9.17, 15) is 17.1 Å². The van der Waals surface area contributed by atoms with Crippen molar-refractivity contribution in [1.82, 2.24) is 0 Å². The summed E-state index contributed by atoms with van der Waals surface area (Å²) in [6.45, 7) is 0.136. The van der Waals surface area contributed by atoms with Gasteiger partial charge in [-0.2, -0.15) is 13.7 Å². The minimum atomic E-state index is -4.58. The molecule has 0 aromatic carbocycles. The number of carbonyl (C=O) groups is 1. The maximum absolute atomic E-state index is 12.6. The molecule has 96 valence electrons. The average molecular weight is 288 g/mol. The van der Waals surface area contributed by atoms with Gasteiger partial charge < -0.3 is 4.90 Å². The highest BCUT2D eigenvalue weighted by molar-refractivity contribution is 7.86. The third-order valence-electron chi connectivity index (χ3n) is 2.65. The van der Waals surface area contributed by atoms with Crippen LogP contribution in [0.4, 0.5) is 8.89 Å². The molecule has 1 amide bonds. The summed E-state index contributed by atoms with van der Waals surface area (Å²) in [7, 11) is -4.58. The molecule has 1 aromatic heterocycles. The number of thiophene rings is 1. The third-order valence-corrected chi connectivity index (χ3v) is 4.46. The molecule has 1 aromatic rings. The monoisotopic (exact) mass is 288 g/mol.